The van der Waals surface area contributed by atoms with Gasteiger partial charge in [-0.05, 0) is 30.2 Å². The molecule has 1 aliphatic rings. The molecule has 4 heterocycles. The molecule has 0 aliphatic carbocycles. The maximum atomic E-state index is 12.8. The van der Waals surface area contributed by atoms with Crippen LogP contribution in [0.15, 0.2) is 73.3 Å². The van der Waals surface area contributed by atoms with Crippen molar-refractivity contribution in [3.63, 3.8) is 0 Å². The Morgan fingerprint density at radius 1 is 1.00 bits per heavy atom. The van der Waals surface area contributed by atoms with Crippen LogP contribution < -0.4 is 0 Å². The van der Waals surface area contributed by atoms with Gasteiger partial charge >= 0.3 is 0 Å². The maximum absolute atomic E-state index is 12.8. The summed E-state index contributed by atoms with van der Waals surface area (Å²) in [6.07, 6.45) is 12.2. The number of carbonyl (C=O) groups is 2. The summed E-state index contributed by atoms with van der Waals surface area (Å²) in [7, 11) is 0. The van der Waals surface area contributed by atoms with E-state index in [4.69, 9.17) is 0 Å². The van der Waals surface area contributed by atoms with Crippen LogP contribution in [0.3, 0.4) is 0 Å². The van der Waals surface area contributed by atoms with E-state index in [2.05, 4.69) is 15.0 Å². The molecular formula is C21H19N5O3. The van der Waals surface area contributed by atoms with Crippen molar-refractivity contribution in [3.8, 4) is 0 Å². The number of ketones is 1. The van der Waals surface area contributed by atoms with Crippen molar-refractivity contribution >= 4 is 17.4 Å². The van der Waals surface area contributed by atoms with Crippen molar-refractivity contribution in [2.75, 3.05) is 6.54 Å². The third kappa shape index (κ3) is 3.64. The first kappa shape index (κ1) is 18.5. The van der Waals surface area contributed by atoms with E-state index in [1.807, 2.05) is 10.8 Å². The van der Waals surface area contributed by atoms with Gasteiger partial charge in [0.25, 0.3) is 11.7 Å². The molecule has 1 fully saturated rings. The van der Waals surface area contributed by atoms with E-state index in [0.717, 1.165) is 0 Å². The molecule has 4 rings (SSSR count). The minimum absolute atomic E-state index is 0.0665. The molecular weight excluding hydrogens is 370 g/mol. The van der Waals surface area contributed by atoms with E-state index >= 15 is 0 Å². The van der Waals surface area contributed by atoms with Crippen LogP contribution in [0.25, 0.3) is 5.76 Å². The quantitative estimate of drug-likeness (QED) is 0.394. The van der Waals surface area contributed by atoms with Crippen LogP contribution >= 0.6 is 0 Å². The van der Waals surface area contributed by atoms with Gasteiger partial charge in [0.05, 0.1) is 17.9 Å². The minimum Gasteiger partial charge on any atom is -0.507 e. The van der Waals surface area contributed by atoms with Gasteiger partial charge in [-0.1, -0.05) is 6.07 Å². The number of pyridine rings is 2. The van der Waals surface area contributed by atoms with E-state index in [1.165, 1.54) is 17.3 Å². The molecule has 1 N–H and O–H groups in total. The van der Waals surface area contributed by atoms with Gasteiger partial charge in [0, 0.05) is 55.8 Å². The molecule has 1 saturated heterocycles. The number of imidazole rings is 1. The predicted molar refractivity (Wildman–Crippen MR) is 104 cm³/mol. The van der Waals surface area contributed by atoms with Gasteiger partial charge in [0.2, 0.25) is 0 Å². The van der Waals surface area contributed by atoms with Gasteiger partial charge < -0.3 is 14.6 Å². The smallest absolute Gasteiger partial charge is 0.295 e. The maximum Gasteiger partial charge on any atom is 0.295 e. The van der Waals surface area contributed by atoms with E-state index in [1.54, 1.807) is 49.2 Å². The Morgan fingerprint density at radius 3 is 2.52 bits per heavy atom. The number of likely N-dealkylation sites (tertiary alicyclic amines) is 1. The first-order valence-electron chi connectivity index (χ1n) is 9.21. The Balaban J connectivity index is 1.70. The zero-order valence-electron chi connectivity index (χ0n) is 15.5. The number of aryl methyl sites for hydroxylation is 1. The van der Waals surface area contributed by atoms with Crippen LogP contribution in [-0.4, -0.2) is 47.8 Å². The molecule has 0 radical (unpaired) electrons. The van der Waals surface area contributed by atoms with Crippen molar-refractivity contribution in [2.45, 2.75) is 19.0 Å². The predicted octanol–water partition coefficient (Wildman–Crippen LogP) is 2.19. The average Bonchev–Trinajstić information content (AvgIpc) is 3.37. The van der Waals surface area contributed by atoms with E-state index < -0.39 is 17.7 Å². The molecule has 146 valence electrons. The van der Waals surface area contributed by atoms with Gasteiger partial charge in [0.1, 0.15) is 5.76 Å². The van der Waals surface area contributed by atoms with Crippen LogP contribution in [0.2, 0.25) is 0 Å². The van der Waals surface area contributed by atoms with E-state index in [9.17, 15) is 14.7 Å². The number of nitrogens with zero attached hydrogens (tertiary/aromatic N) is 5. The topological polar surface area (TPSA) is 101 Å². The summed E-state index contributed by atoms with van der Waals surface area (Å²) in [6.45, 7) is 1.02. The number of aliphatic hydroxyl groups is 1. The first-order chi connectivity index (χ1) is 14.2. The third-order valence-corrected chi connectivity index (χ3v) is 4.87. The fourth-order valence-electron chi connectivity index (χ4n) is 3.50. The number of rotatable bonds is 6. The largest absolute Gasteiger partial charge is 0.507 e. The van der Waals surface area contributed by atoms with Gasteiger partial charge in [-0.3, -0.25) is 19.6 Å². The summed E-state index contributed by atoms with van der Waals surface area (Å²) in [4.78, 5) is 39.2. The zero-order valence-corrected chi connectivity index (χ0v) is 15.5. The van der Waals surface area contributed by atoms with Crippen LogP contribution in [0, 0.1) is 0 Å². The Kier molecular flexibility index (Phi) is 5.15. The SMILES string of the molecule is O=C1C(=O)N(CCCn2ccnc2)C(c2cccnc2)C1=C(O)c1ccncc1. The molecule has 0 spiro atoms. The van der Waals surface area contributed by atoms with E-state index in [0.29, 0.717) is 30.6 Å². The van der Waals surface area contributed by atoms with Crippen molar-refractivity contribution in [1.82, 2.24) is 24.4 Å². The molecule has 3 aromatic rings. The summed E-state index contributed by atoms with van der Waals surface area (Å²) in [5, 5.41) is 10.9. The van der Waals surface area contributed by atoms with Gasteiger partial charge in [-0.25, -0.2) is 4.98 Å². The highest BCUT2D eigenvalue weighted by molar-refractivity contribution is 6.46. The molecule has 8 heteroatoms. The number of amides is 1. The highest BCUT2D eigenvalue weighted by atomic mass is 16.3. The van der Waals surface area contributed by atoms with E-state index in [-0.39, 0.29) is 11.3 Å². The van der Waals surface area contributed by atoms with Crippen molar-refractivity contribution in [1.29, 1.82) is 0 Å². The Morgan fingerprint density at radius 2 is 1.83 bits per heavy atom. The highest BCUT2D eigenvalue weighted by Gasteiger charge is 2.45. The Bertz CT molecular complexity index is 1030. The summed E-state index contributed by atoms with van der Waals surface area (Å²) in [5.74, 6) is -1.53. The lowest BCUT2D eigenvalue weighted by molar-refractivity contribution is -0.139. The van der Waals surface area contributed by atoms with Gasteiger partial charge in [-0.15, -0.1) is 0 Å². The van der Waals surface area contributed by atoms with Crippen LogP contribution in [0.5, 0.6) is 0 Å². The van der Waals surface area contributed by atoms with Gasteiger partial charge in [0.15, 0.2) is 0 Å². The fourth-order valence-corrected chi connectivity index (χ4v) is 3.50. The lowest BCUT2D eigenvalue weighted by Gasteiger charge is -2.25. The first-order valence-corrected chi connectivity index (χ1v) is 9.21. The van der Waals surface area contributed by atoms with Crippen molar-refractivity contribution < 1.29 is 14.7 Å². The normalized spacial score (nSPS) is 18.3. The van der Waals surface area contributed by atoms with Crippen LogP contribution in [0.1, 0.15) is 23.6 Å². The summed E-state index contributed by atoms with van der Waals surface area (Å²) >= 11 is 0. The molecule has 1 amide bonds. The van der Waals surface area contributed by atoms with Crippen LogP contribution in [0.4, 0.5) is 0 Å². The molecule has 8 nitrogen and oxygen atoms in total. The van der Waals surface area contributed by atoms with Crippen molar-refractivity contribution in [2.24, 2.45) is 0 Å². The molecule has 3 aromatic heterocycles. The second-order valence-electron chi connectivity index (χ2n) is 6.67. The summed E-state index contributed by atoms with van der Waals surface area (Å²) in [5.41, 5.74) is 1.17. The van der Waals surface area contributed by atoms with Crippen molar-refractivity contribution in [3.05, 3.63) is 84.5 Å². The molecule has 1 aliphatic heterocycles. The number of aromatic nitrogens is 4. The lowest BCUT2D eigenvalue weighted by atomic mass is 9.96. The minimum atomic E-state index is -0.698. The Hall–Kier alpha value is -3.81. The zero-order chi connectivity index (χ0) is 20.2. The standard InChI is InChI=1S/C21H19N5O3/c27-19(15-4-7-22-8-5-15)17-18(16-3-1-6-23-13-16)26(21(29)20(17)28)11-2-10-25-12-9-24-14-25/h1,3-9,12-14,18,27H,2,10-11H2. The molecule has 1 unspecified atom stereocenters. The van der Waals surface area contributed by atoms with Crippen LogP contribution in [-0.2, 0) is 16.1 Å². The average molecular weight is 389 g/mol. The number of Topliss-reactive ketones (excluding diaryl/α,β-unsaturated/α-hetero) is 1. The summed E-state index contributed by atoms with van der Waals surface area (Å²) in [6, 6.07) is 6.05. The highest BCUT2D eigenvalue weighted by Crippen LogP contribution is 2.39. The molecule has 0 bridgehead atoms. The Labute approximate surface area is 167 Å². The monoisotopic (exact) mass is 389 g/mol. The third-order valence-electron chi connectivity index (χ3n) is 4.87. The molecule has 1 atom stereocenters. The second-order valence-corrected chi connectivity index (χ2v) is 6.67. The second kappa shape index (κ2) is 8.05. The molecule has 0 saturated carbocycles. The fraction of sp³-hybridized carbons (Fsp3) is 0.190. The van der Waals surface area contributed by atoms with Gasteiger partial charge in [-0.2, -0.15) is 0 Å². The number of aliphatic hydroxyl groups excluding tert-OH is 1. The lowest BCUT2D eigenvalue weighted by Crippen LogP contribution is -2.31. The number of hydrogen-bond donors (Lipinski definition) is 1. The molecule has 29 heavy (non-hydrogen) atoms. The number of hydrogen-bond acceptors (Lipinski definition) is 6. The number of carbonyl (C=O) groups excluding carboxylic acids is 2. The molecule has 0 aromatic carbocycles. The summed E-state index contributed by atoms with van der Waals surface area (Å²) < 4.78 is 1.91.